The van der Waals surface area contributed by atoms with Crippen LogP contribution in [0.1, 0.15) is 45.2 Å². The predicted octanol–water partition coefficient (Wildman–Crippen LogP) is 5.73. The molecular weight excluding hydrogens is 404 g/mol. The van der Waals surface area contributed by atoms with E-state index in [1.54, 1.807) is 7.11 Å². The topological polar surface area (TPSA) is 35.9 Å². The van der Waals surface area contributed by atoms with E-state index in [-0.39, 0.29) is 12.1 Å². The van der Waals surface area contributed by atoms with E-state index < -0.39 is 6.23 Å². The van der Waals surface area contributed by atoms with Crippen LogP contribution in [0.2, 0.25) is 0 Å². The minimum atomic E-state index is -0.627. The fourth-order valence-corrected chi connectivity index (χ4v) is 5.62. The number of anilines is 1. The summed E-state index contributed by atoms with van der Waals surface area (Å²) in [5.74, 6) is 1.73. The number of likely N-dealkylation sites (N-methyl/N-ethyl adjacent to an activating group) is 1. The molecule has 0 bridgehead atoms. The molecule has 1 aliphatic rings. The van der Waals surface area contributed by atoms with Crippen molar-refractivity contribution in [1.29, 1.82) is 0 Å². The lowest BCUT2D eigenvalue weighted by Gasteiger charge is -2.46. The number of hydrogen-bond donors (Lipinski definition) is 1. The van der Waals surface area contributed by atoms with Crippen LogP contribution in [0.5, 0.6) is 5.75 Å². The lowest BCUT2D eigenvalue weighted by Crippen LogP contribution is -2.54. The summed E-state index contributed by atoms with van der Waals surface area (Å²) in [6.07, 6.45) is 1.17. The molecule has 31 heavy (non-hydrogen) atoms. The number of para-hydroxylation sites is 1. The van der Waals surface area contributed by atoms with Crippen molar-refractivity contribution >= 4 is 17.4 Å². The summed E-state index contributed by atoms with van der Waals surface area (Å²) < 4.78 is 5.49. The number of aliphatic hydroxyl groups is 1. The van der Waals surface area contributed by atoms with Crippen molar-refractivity contribution in [2.24, 2.45) is 0 Å². The number of nitrogens with zero attached hydrogens (tertiary/aromatic N) is 2. The first-order valence-electron chi connectivity index (χ1n) is 11.2. The first-order chi connectivity index (χ1) is 15.0. The summed E-state index contributed by atoms with van der Waals surface area (Å²) in [5.41, 5.74) is 3.42. The van der Waals surface area contributed by atoms with E-state index in [0.717, 1.165) is 48.7 Å². The molecule has 4 nitrogen and oxygen atoms in total. The Balaban J connectivity index is 2.04. The van der Waals surface area contributed by atoms with Crippen molar-refractivity contribution in [3.63, 3.8) is 0 Å². The second-order valence-corrected chi connectivity index (χ2v) is 9.24. The highest BCUT2D eigenvalue weighted by atomic mass is 32.2. The smallest absolute Gasteiger partial charge is 0.143 e. The molecule has 2 aromatic rings. The zero-order valence-corrected chi connectivity index (χ0v) is 20.1. The third-order valence-corrected chi connectivity index (χ3v) is 7.27. The molecule has 5 heteroatoms. The molecule has 3 atom stereocenters. The quantitative estimate of drug-likeness (QED) is 0.477. The van der Waals surface area contributed by atoms with Gasteiger partial charge in [-0.05, 0) is 62.7 Å². The molecule has 0 spiro atoms. The second kappa shape index (κ2) is 11.1. The van der Waals surface area contributed by atoms with Crippen LogP contribution >= 0.6 is 11.8 Å². The van der Waals surface area contributed by atoms with Gasteiger partial charge in [0.2, 0.25) is 0 Å². The Morgan fingerprint density at radius 2 is 1.97 bits per heavy atom. The first-order valence-corrected chi connectivity index (χ1v) is 12.2. The van der Waals surface area contributed by atoms with E-state index in [0.29, 0.717) is 0 Å². The van der Waals surface area contributed by atoms with E-state index in [2.05, 4.69) is 73.5 Å². The highest BCUT2D eigenvalue weighted by Gasteiger charge is 2.37. The highest BCUT2D eigenvalue weighted by molar-refractivity contribution is 7.99. The Labute approximate surface area is 191 Å². The second-order valence-electron chi connectivity index (χ2n) is 8.18. The minimum absolute atomic E-state index is 0.0240. The standard InChI is InChI=1S/C26H36N2O2S/c1-6-27(7-2)23(16-15-19(3)4)26(29)28-22-13-8-9-14-25(22)31-18-24(28)20-11-10-12-21(17-20)30-5/h8-14,17,23-24,26,29H,3,6-7,15-16,18H2,1-2,4-5H3. The summed E-state index contributed by atoms with van der Waals surface area (Å²) in [4.78, 5) is 5.83. The van der Waals surface area contributed by atoms with Crippen LogP contribution in [0.4, 0.5) is 5.69 Å². The molecule has 3 unspecified atom stereocenters. The number of ether oxygens (including phenoxy) is 1. The van der Waals surface area contributed by atoms with Crippen molar-refractivity contribution in [3.8, 4) is 5.75 Å². The molecule has 2 aromatic carbocycles. The van der Waals surface area contributed by atoms with Crippen molar-refractivity contribution in [2.75, 3.05) is 30.9 Å². The number of hydrogen-bond acceptors (Lipinski definition) is 5. The molecule has 168 valence electrons. The fourth-order valence-electron chi connectivity index (χ4n) is 4.43. The largest absolute Gasteiger partial charge is 0.497 e. The number of thioether (sulfide) groups is 1. The lowest BCUT2D eigenvalue weighted by molar-refractivity contribution is 0.0418. The van der Waals surface area contributed by atoms with Crippen LogP contribution in [0.3, 0.4) is 0 Å². The van der Waals surface area contributed by atoms with Crippen LogP contribution < -0.4 is 9.64 Å². The molecule has 1 N–H and O–H groups in total. The third-order valence-electron chi connectivity index (χ3n) is 6.13. The minimum Gasteiger partial charge on any atom is -0.497 e. The Morgan fingerprint density at radius 1 is 1.23 bits per heavy atom. The molecule has 0 radical (unpaired) electrons. The fraction of sp³-hybridized carbons (Fsp3) is 0.462. The van der Waals surface area contributed by atoms with E-state index >= 15 is 0 Å². The maximum Gasteiger partial charge on any atom is 0.143 e. The van der Waals surface area contributed by atoms with Gasteiger partial charge in [-0.15, -0.1) is 18.3 Å². The molecule has 0 aromatic heterocycles. The first kappa shape index (κ1) is 23.7. The Bertz CT molecular complexity index is 868. The van der Waals surface area contributed by atoms with Gasteiger partial charge < -0.3 is 14.7 Å². The third kappa shape index (κ3) is 5.46. The molecule has 3 rings (SSSR count). The summed E-state index contributed by atoms with van der Waals surface area (Å²) in [6.45, 7) is 12.3. The lowest BCUT2D eigenvalue weighted by atomic mass is 9.99. The van der Waals surface area contributed by atoms with Gasteiger partial charge in [0.1, 0.15) is 12.0 Å². The van der Waals surface area contributed by atoms with Crippen molar-refractivity contribution < 1.29 is 9.84 Å². The molecule has 0 fully saturated rings. The van der Waals surface area contributed by atoms with Crippen molar-refractivity contribution in [3.05, 3.63) is 66.2 Å². The molecule has 0 saturated heterocycles. The molecule has 0 aliphatic carbocycles. The van der Waals surface area contributed by atoms with Gasteiger partial charge in [-0.3, -0.25) is 4.90 Å². The molecule has 1 aliphatic heterocycles. The number of fused-ring (bicyclic) bond motifs is 1. The summed E-state index contributed by atoms with van der Waals surface area (Å²) in [5, 5.41) is 11.9. The number of rotatable bonds is 10. The van der Waals surface area contributed by atoms with E-state index in [1.807, 2.05) is 23.9 Å². The van der Waals surface area contributed by atoms with Crippen LogP contribution in [0.15, 0.2) is 65.6 Å². The molecular formula is C26H36N2O2S. The number of allylic oxidation sites excluding steroid dienone is 1. The molecule has 0 amide bonds. The van der Waals surface area contributed by atoms with Gasteiger partial charge in [-0.1, -0.05) is 43.7 Å². The SMILES string of the molecule is C=C(C)CCC(C(O)N1c2ccccc2SCC1c1cccc(OC)c1)N(CC)CC. The van der Waals surface area contributed by atoms with Crippen LogP contribution in [0, 0.1) is 0 Å². The number of benzene rings is 2. The number of methoxy groups -OCH3 is 1. The monoisotopic (exact) mass is 440 g/mol. The maximum absolute atomic E-state index is 11.9. The van der Waals surface area contributed by atoms with Gasteiger partial charge in [0.05, 0.1) is 24.9 Å². The van der Waals surface area contributed by atoms with Crippen LogP contribution in [0.25, 0.3) is 0 Å². The van der Waals surface area contributed by atoms with E-state index in [4.69, 9.17) is 4.74 Å². The predicted molar refractivity (Wildman–Crippen MR) is 132 cm³/mol. The Hall–Kier alpha value is -1.95. The van der Waals surface area contributed by atoms with Gasteiger partial charge in [-0.25, -0.2) is 0 Å². The van der Waals surface area contributed by atoms with Crippen molar-refractivity contribution in [2.45, 2.75) is 56.8 Å². The van der Waals surface area contributed by atoms with Crippen LogP contribution in [-0.2, 0) is 0 Å². The Kier molecular flexibility index (Phi) is 8.47. The average Bonchev–Trinajstić information content (AvgIpc) is 2.80. The summed E-state index contributed by atoms with van der Waals surface area (Å²) >= 11 is 1.85. The highest BCUT2D eigenvalue weighted by Crippen LogP contribution is 2.45. The van der Waals surface area contributed by atoms with Gasteiger partial charge in [0, 0.05) is 10.6 Å². The maximum atomic E-state index is 11.9. The van der Waals surface area contributed by atoms with Gasteiger partial charge in [0.25, 0.3) is 0 Å². The molecule has 1 heterocycles. The van der Waals surface area contributed by atoms with Gasteiger partial charge >= 0.3 is 0 Å². The van der Waals surface area contributed by atoms with Crippen LogP contribution in [-0.4, -0.2) is 48.2 Å². The van der Waals surface area contributed by atoms with Gasteiger partial charge in [-0.2, -0.15) is 0 Å². The number of aliphatic hydroxyl groups excluding tert-OH is 1. The Morgan fingerprint density at radius 3 is 2.65 bits per heavy atom. The summed E-state index contributed by atoms with van der Waals surface area (Å²) in [7, 11) is 1.70. The zero-order valence-electron chi connectivity index (χ0n) is 19.3. The van der Waals surface area contributed by atoms with Gasteiger partial charge in [0.15, 0.2) is 0 Å². The van der Waals surface area contributed by atoms with E-state index in [1.165, 1.54) is 10.5 Å². The zero-order chi connectivity index (χ0) is 22.4. The van der Waals surface area contributed by atoms with E-state index in [9.17, 15) is 5.11 Å². The van der Waals surface area contributed by atoms with Crippen molar-refractivity contribution in [1.82, 2.24) is 4.90 Å². The average molecular weight is 441 g/mol. The normalized spacial score (nSPS) is 17.9. The molecule has 0 saturated carbocycles. The summed E-state index contributed by atoms with van der Waals surface area (Å²) in [6, 6.07) is 16.8.